The van der Waals surface area contributed by atoms with Gasteiger partial charge in [-0.25, -0.2) is 0 Å². The van der Waals surface area contributed by atoms with Crippen LogP contribution in [0.4, 0.5) is 0 Å². The molecular formula is C16H17Br2NOS. The summed E-state index contributed by atoms with van der Waals surface area (Å²) < 4.78 is 8.46. The van der Waals surface area contributed by atoms with Crippen LogP contribution in [-0.2, 0) is 0 Å². The molecule has 0 fully saturated rings. The Balaban J connectivity index is 1.90. The molecule has 2 unspecified atom stereocenters. The van der Waals surface area contributed by atoms with Gasteiger partial charge in [-0.05, 0) is 53.2 Å². The number of rotatable bonds is 4. The zero-order valence-electron chi connectivity index (χ0n) is 11.7. The van der Waals surface area contributed by atoms with Crippen LogP contribution < -0.4 is 10.1 Å². The predicted molar refractivity (Wildman–Crippen MR) is 95.2 cm³/mol. The molecule has 0 saturated heterocycles. The Hall–Kier alpha value is -0.360. The highest BCUT2D eigenvalue weighted by atomic mass is 79.9. The van der Waals surface area contributed by atoms with E-state index in [-0.39, 0.29) is 6.10 Å². The number of hydrogen-bond donors (Lipinski definition) is 1. The number of fused-ring (bicyclic) bond motifs is 1. The van der Waals surface area contributed by atoms with Gasteiger partial charge in [0.25, 0.3) is 0 Å². The lowest BCUT2D eigenvalue weighted by Gasteiger charge is -2.32. The smallest absolute Gasteiger partial charge is 0.135 e. The second-order valence-electron chi connectivity index (χ2n) is 5.20. The minimum Gasteiger partial charge on any atom is -0.484 e. The van der Waals surface area contributed by atoms with E-state index in [1.54, 1.807) is 11.3 Å². The average molecular weight is 431 g/mol. The Bertz CT molecular complexity index is 628. The van der Waals surface area contributed by atoms with Gasteiger partial charge in [-0.15, -0.1) is 11.3 Å². The zero-order valence-corrected chi connectivity index (χ0v) is 15.7. The molecule has 2 heterocycles. The van der Waals surface area contributed by atoms with Crippen molar-refractivity contribution in [1.82, 2.24) is 5.32 Å². The van der Waals surface area contributed by atoms with Gasteiger partial charge < -0.3 is 10.1 Å². The van der Waals surface area contributed by atoms with Gasteiger partial charge in [-0.1, -0.05) is 22.9 Å². The van der Waals surface area contributed by atoms with Crippen molar-refractivity contribution in [2.24, 2.45) is 0 Å². The van der Waals surface area contributed by atoms with E-state index in [4.69, 9.17) is 4.74 Å². The Morgan fingerprint density at radius 2 is 2.14 bits per heavy atom. The number of nitrogens with one attached hydrogen (secondary N) is 1. The summed E-state index contributed by atoms with van der Waals surface area (Å²) in [5.41, 5.74) is 1.25. The van der Waals surface area contributed by atoms with Gasteiger partial charge in [0.1, 0.15) is 11.9 Å². The Morgan fingerprint density at radius 1 is 1.29 bits per heavy atom. The van der Waals surface area contributed by atoms with E-state index in [2.05, 4.69) is 67.7 Å². The highest BCUT2D eigenvalue weighted by molar-refractivity contribution is 9.10. The van der Waals surface area contributed by atoms with Crippen LogP contribution >= 0.6 is 43.2 Å². The first kappa shape index (κ1) is 15.5. The molecule has 0 radical (unpaired) electrons. The van der Waals surface area contributed by atoms with Gasteiger partial charge in [0.15, 0.2) is 0 Å². The summed E-state index contributed by atoms with van der Waals surface area (Å²) in [6, 6.07) is 8.79. The van der Waals surface area contributed by atoms with E-state index >= 15 is 0 Å². The zero-order chi connectivity index (χ0) is 14.8. The monoisotopic (exact) mass is 429 g/mol. The maximum absolute atomic E-state index is 6.23. The van der Waals surface area contributed by atoms with Gasteiger partial charge in [-0.2, -0.15) is 0 Å². The van der Waals surface area contributed by atoms with Crippen molar-refractivity contribution in [1.29, 1.82) is 0 Å². The lowest BCUT2D eigenvalue weighted by atomic mass is 9.95. The van der Waals surface area contributed by atoms with Gasteiger partial charge in [0, 0.05) is 37.2 Å². The molecule has 0 amide bonds. The van der Waals surface area contributed by atoms with Crippen LogP contribution in [0, 0.1) is 0 Å². The second-order valence-corrected chi connectivity index (χ2v) is 7.97. The molecule has 1 aliphatic rings. The quantitative estimate of drug-likeness (QED) is 0.657. The van der Waals surface area contributed by atoms with Crippen LogP contribution in [0.1, 0.15) is 42.4 Å². The maximum Gasteiger partial charge on any atom is 0.135 e. The fourth-order valence-electron chi connectivity index (χ4n) is 2.62. The van der Waals surface area contributed by atoms with Gasteiger partial charge in [-0.3, -0.25) is 0 Å². The van der Waals surface area contributed by atoms with E-state index in [0.717, 1.165) is 34.1 Å². The van der Waals surface area contributed by atoms with Gasteiger partial charge in [0.2, 0.25) is 0 Å². The van der Waals surface area contributed by atoms with Crippen molar-refractivity contribution >= 4 is 43.2 Å². The summed E-state index contributed by atoms with van der Waals surface area (Å²) in [7, 11) is 0. The molecule has 0 bridgehead atoms. The Morgan fingerprint density at radius 3 is 2.86 bits per heavy atom. The highest BCUT2D eigenvalue weighted by Gasteiger charge is 2.29. The first-order valence-electron chi connectivity index (χ1n) is 7.10. The molecule has 0 spiro atoms. The van der Waals surface area contributed by atoms with Crippen molar-refractivity contribution in [3.63, 3.8) is 0 Å². The minimum atomic E-state index is 0.129. The second kappa shape index (κ2) is 6.82. The fraction of sp³-hybridized carbons (Fsp3) is 0.375. The molecule has 0 aliphatic carbocycles. The summed E-state index contributed by atoms with van der Waals surface area (Å²) >= 11 is 8.84. The van der Waals surface area contributed by atoms with Crippen LogP contribution in [0.2, 0.25) is 0 Å². The third-order valence-corrected chi connectivity index (χ3v) is 5.89. The molecule has 21 heavy (non-hydrogen) atoms. The van der Waals surface area contributed by atoms with Crippen molar-refractivity contribution < 1.29 is 4.74 Å². The predicted octanol–water partition coefficient (Wildman–Crippen LogP) is 5.84. The molecule has 1 N–H and O–H groups in total. The Kier molecular flexibility index (Phi) is 5.04. The molecule has 1 aliphatic heterocycles. The van der Waals surface area contributed by atoms with E-state index in [0.29, 0.717) is 6.04 Å². The first-order chi connectivity index (χ1) is 10.2. The van der Waals surface area contributed by atoms with E-state index in [9.17, 15) is 0 Å². The van der Waals surface area contributed by atoms with Crippen LogP contribution in [-0.4, -0.2) is 6.54 Å². The average Bonchev–Trinajstić information content (AvgIpc) is 2.91. The standard InChI is InChI=1S/C16H17Br2NOS/c1-2-5-19-13-8-15(16-7-11(18)9-21-16)20-14-4-3-10(17)6-12(13)14/h3-4,6-7,9,13,15,19H,2,5,8H2,1H3. The number of halogens is 2. The molecule has 5 heteroatoms. The van der Waals surface area contributed by atoms with Crippen LogP contribution in [0.5, 0.6) is 5.75 Å². The van der Waals surface area contributed by atoms with Crippen molar-refractivity contribution in [3.8, 4) is 5.75 Å². The van der Waals surface area contributed by atoms with Crippen molar-refractivity contribution in [2.45, 2.75) is 31.9 Å². The number of ether oxygens (including phenoxy) is 1. The summed E-state index contributed by atoms with van der Waals surface area (Å²) in [5, 5.41) is 5.77. The van der Waals surface area contributed by atoms with Crippen LogP contribution in [0.15, 0.2) is 38.6 Å². The lowest BCUT2D eigenvalue weighted by molar-refractivity contribution is 0.154. The highest BCUT2D eigenvalue weighted by Crippen LogP contribution is 2.43. The first-order valence-corrected chi connectivity index (χ1v) is 9.57. The third kappa shape index (κ3) is 3.52. The molecule has 0 saturated carbocycles. The Labute approximate surface area is 146 Å². The summed E-state index contributed by atoms with van der Waals surface area (Å²) in [5.74, 6) is 0.993. The summed E-state index contributed by atoms with van der Waals surface area (Å²) in [6.45, 7) is 3.22. The lowest BCUT2D eigenvalue weighted by Crippen LogP contribution is -2.29. The molecule has 1 aromatic carbocycles. The normalized spacial score (nSPS) is 20.9. The van der Waals surface area contributed by atoms with Gasteiger partial charge in [0.05, 0.1) is 0 Å². The SMILES string of the molecule is CCCNC1CC(c2cc(Br)cs2)Oc2ccc(Br)cc21. The molecule has 2 nitrogen and oxygen atoms in total. The van der Waals surface area contributed by atoms with Crippen molar-refractivity contribution in [2.75, 3.05) is 6.54 Å². The van der Waals surface area contributed by atoms with Crippen LogP contribution in [0.25, 0.3) is 0 Å². The molecule has 3 rings (SSSR count). The maximum atomic E-state index is 6.23. The van der Waals surface area contributed by atoms with Crippen molar-refractivity contribution in [3.05, 3.63) is 49.0 Å². The molecule has 1 aromatic heterocycles. The largest absolute Gasteiger partial charge is 0.484 e. The third-order valence-electron chi connectivity index (χ3n) is 3.61. The van der Waals surface area contributed by atoms with E-state index in [1.165, 1.54) is 10.4 Å². The molecule has 112 valence electrons. The summed E-state index contributed by atoms with van der Waals surface area (Å²) in [6.07, 6.45) is 2.23. The molecular weight excluding hydrogens is 414 g/mol. The summed E-state index contributed by atoms with van der Waals surface area (Å²) in [4.78, 5) is 1.28. The number of benzene rings is 1. The topological polar surface area (TPSA) is 21.3 Å². The van der Waals surface area contributed by atoms with E-state index < -0.39 is 0 Å². The molecule has 2 aromatic rings. The minimum absolute atomic E-state index is 0.129. The van der Waals surface area contributed by atoms with Gasteiger partial charge >= 0.3 is 0 Å². The molecule has 2 atom stereocenters. The number of hydrogen-bond acceptors (Lipinski definition) is 3. The fourth-order valence-corrected chi connectivity index (χ4v) is 4.49. The number of thiophene rings is 1. The van der Waals surface area contributed by atoms with Crippen LogP contribution in [0.3, 0.4) is 0 Å². The van der Waals surface area contributed by atoms with E-state index in [1.807, 2.05) is 6.07 Å².